The summed E-state index contributed by atoms with van der Waals surface area (Å²) in [5.41, 5.74) is 5.17. The molecule has 3 nitrogen and oxygen atoms in total. The summed E-state index contributed by atoms with van der Waals surface area (Å²) in [7, 11) is 0. The number of halogens is 2. The highest BCUT2D eigenvalue weighted by Gasteiger charge is 1.94. The Balaban J connectivity index is -0.000000180. The average molecular weight is 177 g/mol. The molecule has 9 heavy (non-hydrogen) atoms. The van der Waals surface area contributed by atoms with Gasteiger partial charge < -0.3 is 10.6 Å². The van der Waals surface area contributed by atoms with Gasteiger partial charge >= 0.3 is 0 Å². The van der Waals surface area contributed by atoms with Crippen molar-refractivity contribution >= 4 is 24.8 Å². The Labute approximate surface area is 67.9 Å². The van der Waals surface area contributed by atoms with Crippen LogP contribution in [0.1, 0.15) is 13.3 Å². The van der Waals surface area contributed by atoms with Gasteiger partial charge in [-0.05, 0) is 19.9 Å². The highest BCUT2D eigenvalue weighted by Crippen LogP contribution is 1.87. The van der Waals surface area contributed by atoms with E-state index in [4.69, 9.17) is 11.6 Å². The van der Waals surface area contributed by atoms with Crippen molar-refractivity contribution < 1.29 is 4.84 Å². The van der Waals surface area contributed by atoms with Crippen LogP contribution in [-0.4, -0.2) is 12.6 Å². The van der Waals surface area contributed by atoms with E-state index in [9.17, 15) is 0 Å². The number of nitrogens with two attached hydrogens (primary N) is 2. The molecule has 0 bridgehead atoms. The Hall–Kier alpha value is 0.460. The van der Waals surface area contributed by atoms with E-state index >= 15 is 0 Å². The Bertz CT molecular complexity index is 47.5. The molecule has 0 aromatic rings. The maximum absolute atomic E-state index is 5.17. The zero-order valence-corrected chi connectivity index (χ0v) is 7.00. The summed E-state index contributed by atoms with van der Waals surface area (Å²) in [6.45, 7) is 2.52. The molecule has 4 N–H and O–H groups in total. The lowest BCUT2D eigenvalue weighted by Crippen LogP contribution is -2.17. The molecule has 60 valence electrons. The Morgan fingerprint density at radius 2 is 1.89 bits per heavy atom. The number of rotatable bonds is 3. The predicted octanol–water partition coefficient (Wildman–Crippen LogP) is 0.458. The molecule has 0 radical (unpaired) electrons. The SMILES string of the molecule is CC(CCN)ON.Cl.Cl. The van der Waals surface area contributed by atoms with Crippen LogP contribution in [0.4, 0.5) is 0 Å². The van der Waals surface area contributed by atoms with E-state index in [1.54, 1.807) is 0 Å². The summed E-state index contributed by atoms with van der Waals surface area (Å²) >= 11 is 0. The van der Waals surface area contributed by atoms with Crippen LogP contribution in [0.15, 0.2) is 0 Å². The zero-order valence-electron chi connectivity index (χ0n) is 5.37. The van der Waals surface area contributed by atoms with Gasteiger partial charge in [-0.1, -0.05) is 0 Å². The minimum atomic E-state index is 0. The minimum absolute atomic E-state index is 0. The fourth-order valence-corrected chi connectivity index (χ4v) is 0.303. The van der Waals surface area contributed by atoms with E-state index in [1.165, 1.54) is 0 Å². The van der Waals surface area contributed by atoms with Crippen molar-refractivity contribution in [2.45, 2.75) is 19.4 Å². The molecule has 0 aromatic carbocycles. The topological polar surface area (TPSA) is 61.3 Å². The molecule has 5 heteroatoms. The molecule has 0 heterocycles. The lowest BCUT2D eigenvalue weighted by molar-refractivity contribution is 0.0625. The predicted molar refractivity (Wildman–Crippen MR) is 42.9 cm³/mol. The van der Waals surface area contributed by atoms with Gasteiger partial charge in [-0.15, -0.1) is 24.8 Å². The van der Waals surface area contributed by atoms with Gasteiger partial charge in [0.15, 0.2) is 0 Å². The first-order valence-electron chi connectivity index (χ1n) is 2.37. The van der Waals surface area contributed by atoms with Crippen LogP contribution in [0.3, 0.4) is 0 Å². The van der Waals surface area contributed by atoms with Gasteiger partial charge in [0.2, 0.25) is 0 Å². The van der Waals surface area contributed by atoms with Crippen molar-refractivity contribution in [2.75, 3.05) is 6.54 Å². The maximum Gasteiger partial charge on any atom is 0.0771 e. The third kappa shape index (κ3) is 11.8. The molecule has 1 atom stereocenters. The second-order valence-electron chi connectivity index (χ2n) is 1.52. The van der Waals surface area contributed by atoms with E-state index in [1.807, 2.05) is 6.92 Å². The molecular weight excluding hydrogens is 163 g/mol. The Morgan fingerprint density at radius 1 is 1.44 bits per heavy atom. The molecule has 0 saturated carbocycles. The van der Waals surface area contributed by atoms with Crippen LogP contribution in [0, 0.1) is 0 Å². The summed E-state index contributed by atoms with van der Waals surface area (Å²) in [6.07, 6.45) is 0.932. The van der Waals surface area contributed by atoms with Crippen molar-refractivity contribution in [3.05, 3.63) is 0 Å². The molecule has 0 aliphatic heterocycles. The van der Waals surface area contributed by atoms with Crippen molar-refractivity contribution in [2.24, 2.45) is 11.6 Å². The third-order valence-corrected chi connectivity index (χ3v) is 0.806. The van der Waals surface area contributed by atoms with Crippen molar-refractivity contribution in [1.29, 1.82) is 0 Å². The second-order valence-corrected chi connectivity index (χ2v) is 1.52. The molecule has 0 aliphatic rings. The summed E-state index contributed by atoms with van der Waals surface area (Å²) in [4.78, 5) is 4.41. The lowest BCUT2D eigenvalue weighted by atomic mass is 10.3. The van der Waals surface area contributed by atoms with Crippen LogP contribution in [0.25, 0.3) is 0 Å². The van der Waals surface area contributed by atoms with E-state index in [0.29, 0.717) is 6.54 Å². The quantitative estimate of drug-likeness (QED) is 0.615. The lowest BCUT2D eigenvalue weighted by Gasteiger charge is -2.03. The van der Waals surface area contributed by atoms with Gasteiger partial charge in [-0.3, -0.25) is 0 Å². The molecule has 0 rings (SSSR count). The van der Waals surface area contributed by atoms with Gasteiger partial charge in [0, 0.05) is 0 Å². The zero-order chi connectivity index (χ0) is 5.70. The highest BCUT2D eigenvalue weighted by atomic mass is 35.5. The van der Waals surface area contributed by atoms with E-state index in [2.05, 4.69) is 4.84 Å². The van der Waals surface area contributed by atoms with Crippen LogP contribution < -0.4 is 11.6 Å². The smallest absolute Gasteiger partial charge is 0.0771 e. The van der Waals surface area contributed by atoms with Crippen molar-refractivity contribution in [3.63, 3.8) is 0 Å². The monoisotopic (exact) mass is 176 g/mol. The number of hydrogen-bond donors (Lipinski definition) is 2. The van der Waals surface area contributed by atoms with E-state index in [0.717, 1.165) is 6.42 Å². The first-order chi connectivity index (χ1) is 3.31. The van der Waals surface area contributed by atoms with Crippen molar-refractivity contribution in [1.82, 2.24) is 0 Å². The van der Waals surface area contributed by atoms with Crippen LogP contribution in [-0.2, 0) is 4.84 Å². The van der Waals surface area contributed by atoms with Gasteiger partial charge in [0.1, 0.15) is 0 Å². The maximum atomic E-state index is 5.17. The largest absolute Gasteiger partial charge is 0.330 e. The normalized spacial score (nSPS) is 11.0. The first kappa shape index (κ1) is 16.2. The van der Waals surface area contributed by atoms with Gasteiger partial charge in [-0.25, -0.2) is 5.90 Å². The summed E-state index contributed by atoms with van der Waals surface area (Å²) < 4.78 is 0. The molecular formula is C4H14Cl2N2O. The molecule has 0 saturated heterocycles. The third-order valence-electron chi connectivity index (χ3n) is 0.806. The Kier molecular flexibility index (Phi) is 20.3. The van der Waals surface area contributed by atoms with Crippen molar-refractivity contribution in [3.8, 4) is 0 Å². The average Bonchev–Trinajstić information content (AvgIpc) is 1.68. The molecule has 0 aromatic heterocycles. The molecule has 0 aliphatic carbocycles. The second kappa shape index (κ2) is 11.3. The molecule has 0 spiro atoms. The summed E-state index contributed by atoms with van der Waals surface area (Å²) in [5, 5.41) is 0. The van der Waals surface area contributed by atoms with Gasteiger partial charge in [-0.2, -0.15) is 0 Å². The Morgan fingerprint density at radius 3 is 2.00 bits per heavy atom. The summed E-state index contributed by atoms with van der Waals surface area (Å²) in [5.74, 6) is 4.80. The van der Waals surface area contributed by atoms with Gasteiger partial charge in [0.25, 0.3) is 0 Å². The highest BCUT2D eigenvalue weighted by molar-refractivity contribution is 5.85. The van der Waals surface area contributed by atoms with Crippen LogP contribution in [0.5, 0.6) is 0 Å². The number of hydrogen-bond acceptors (Lipinski definition) is 3. The standard InChI is InChI=1S/C4H12N2O.2ClH/c1-4(7-6)2-3-5;;/h4H,2-3,5-6H2,1H3;2*1H. The van der Waals surface area contributed by atoms with Gasteiger partial charge in [0.05, 0.1) is 6.10 Å². The molecule has 0 fully saturated rings. The van der Waals surface area contributed by atoms with Crippen LogP contribution >= 0.6 is 24.8 Å². The summed E-state index contributed by atoms with van der Waals surface area (Å²) in [6, 6.07) is 0. The molecule has 0 amide bonds. The minimum Gasteiger partial charge on any atom is -0.330 e. The van der Waals surface area contributed by atoms with E-state index < -0.39 is 0 Å². The van der Waals surface area contributed by atoms with E-state index in [-0.39, 0.29) is 30.9 Å². The van der Waals surface area contributed by atoms with Crippen LogP contribution in [0.2, 0.25) is 0 Å². The fraction of sp³-hybridized carbons (Fsp3) is 1.00. The first-order valence-corrected chi connectivity index (χ1v) is 2.37. The molecule has 1 unspecified atom stereocenters. The fourth-order valence-electron chi connectivity index (χ4n) is 0.303.